The smallest absolute Gasteiger partial charge is 0.120 e. The van der Waals surface area contributed by atoms with Crippen LogP contribution in [-0.4, -0.2) is 18.6 Å². The van der Waals surface area contributed by atoms with Gasteiger partial charge in [-0.05, 0) is 43.5 Å². The molecule has 0 fully saturated rings. The Bertz CT molecular complexity index is 235. The van der Waals surface area contributed by atoms with Crippen molar-refractivity contribution in [3.05, 3.63) is 24.2 Å². The van der Waals surface area contributed by atoms with E-state index in [1.54, 1.807) is 6.26 Å². The van der Waals surface area contributed by atoms with Gasteiger partial charge in [-0.3, -0.25) is 0 Å². The molecular weight excluding hydrogens is 194 g/mol. The van der Waals surface area contributed by atoms with Gasteiger partial charge >= 0.3 is 0 Å². The van der Waals surface area contributed by atoms with Gasteiger partial charge in [0.15, 0.2) is 0 Å². The highest BCUT2D eigenvalue weighted by Gasteiger charge is 2.08. The lowest BCUT2D eigenvalue weighted by atomic mass is 10.2. The summed E-state index contributed by atoms with van der Waals surface area (Å²) in [6.07, 6.45) is 3.87. The average molecular weight is 213 g/mol. The van der Waals surface area contributed by atoms with Crippen LogP contribution < -0.4 is 5.32 Å². The number of thioether (sulfide) groups is 1. The average Bonchev–Trinajstić information content (AvgIpc) is 2.67. The molecule has 1 aromatic heterocycles. The van der Waals surface area contributed by atoms with Crippen LogP contribution in [0, 0.1) is 5.92 Å². The van der Waals surface area contributed by atoms with Crippen molar-refractivity contribution in [3.63, 3.8) is 0 Å². The van der Waals surface area contributed by atoms with Crippen LogP contribution in [0.2, 0.25) is 0 Å². The zero-order chi connectivity index (χ0) is 10.4. The second-order valence-corrected chi connectivity index (χ2v) is 4.62. The molecule has 1 heterocycles. The van der Waals surface area contributed by atoms with Crippen molar-refractivity contribution in [1.82, 2.24) is 5.32 Å². The predicted octanol–water partition coefficient (Wildman–Crippen LogP) is 2.93. The van der Waals surface area contributed by atoms with Crippen LogP contribution in [-0.2, 0) is 0 Å². The molecule has 0 aliphatic heterocycles. The van der Waals surface area contributed by atoms with Gasteiger partial charge in [0, 0.05) is 0 Å². The van der Waals surface area contributed by atoms with Crippen LogP contribution >= 0.6 is 11.8 Å². The van der Waals surface area contributed by atoms with Crippen molar-refractivity contribution in [2.75, 3.05) is 18.6 Å². The minimum Gasteiger partial charge on any atom is -0.468 e. The summed E-state index contributed by atoms with van der Waals surface area (Å²) in [5.41, 5.74) is 0. The molecule has 0 spiro atoms. The lowest BCUT2D eigenvalue weighted by Crippen LogP contribution is -2.25. The molecule has 0 saturated carbocycles. The predicted molar refractivity (Wildman–Crippen MR) is 62.7 cm³/mol. The molecule has 1 N–H and O–H groups in total. The van der Waals surface area contributed by atoms with Gasteiger partial charge in [0.05, 0.1) is 12.3 Å². The van der Waals surface area contributed by atoms with E-state index < -0.39 is 0 Å². The third-order valence-corrected chi connectivity index (χ3v) is 3.10. The zero-order valence-electron chi connectivity index (χ0n) is 9.12. The van der Waals surface area contributed by atoms with Gasteiger partial charge < -0.3 is 9.73 Å². The highest BCUT2D eigenvalue weighted by Crippen LogP contribution is 2.13. The molecule has 2 atom stereocenters. The molecule has 0 amide bonds. The summed E-state index contributed by atoms with van der Waals surface area (Å²) in [7, 11) is 0. The molecule has 0 bridgehead atoms. The van der Waals surface area contributed by atoms with Gasteiger partial charge in [0.25, 0.3) is 0 Å². The third kappa shape index (κ3) is 3.76. The van der Waals surface area contributed by atoms with Gasteiger partial charge in [-0.15, -0.1) is 0 Å². The maximum absolute atomic E-state index is 5.32. The van der Waals surface area contributed by atoms with Crippen LogP contribution in [0.4, 0.5) is 0 Å². The molecule has 0 aliphatic rings. The second-order valence-electron chi connectivity index (χ2n) is 3.71. The minimum absolute atomic E-state index is 0.314. The van der Waals surface area contributed by atoms with Gasteiger partial charge in [-0.25, -0.2) is 0 Å². The fourth-order valence-corrected chi connectivity index (χ4v) is 2.05. The first kappa shape index (κ1) is 11.7. The number of hydrogen-bond donors (Lipinski definition) is 1. The molecule has 1 aromatic rings. The number of rotatable bonds is 6. The molecule has 0 saturated heterocycles. The van der Waals surface area contributed by atoms with E-state index in [-0.39, 0.29) is 0 Å². The van der Waals surface area contributed by atoms with Gasteiger partial charge in [0.1, 0.15) is 5.76 Å². The van der Waals surface area contributed by atoms with Gasteiger partial charge in [0.2, 0.25) is 0 Å². The highest BCUT2D eigenvalue weighted by atomic mass is 32.2. The van der Waals surface area contributed by atoms with Crippen molar-refractivity contribution in [2.24, 2.45) is 5.92 Å². The van der Waals surface area contributed by atoms with E-state index in [0.29, 0.717) is 12.0 Å². The summed E-state index contributed by atoms with van der Waals surface area (Å²) in [5, 5.41) is 3.46. The maximum atomic E-state index is 5.32. The topological polar surface area (TPSA) is 25.2 Å². The molecule has 80 valence electrons. The normalized spacial score (nSPS) is 15.4. The first-order valence-electron chi connectivity index (χ1n) is 4.99. The Kier molecular flexibility index (Phi) is 5.12. The Morgan fingerprint density at radius 2 is 2.29 bits per heavy atom. The fraction of sp³-hybridized carbons (Fsp3) is 0.636. The van der Waals surface area contributed by atoms with Crippen LogP contribution in [0.1, 0.15) is 25.6 Å². The SMILES string of the molecule is CSCC(C)CNC(C)c1ccco1. The molecule has 14 heavy (non-hydrogen) atoms. The van der Waals surface area contributed by atoms with Crippen LogP contribution in [0.25, 0.3) is 0 Å². The molecule has 2 nitrogen and oxygen atoms in total. The van der Waals surface area contributed by atoms with Crippen molar-refractivity contribution in [3.8, 4) is 0 Å². The Hall–Kier alpha value is -0.410. The van der Waals surface area contributed by atoms with Crippen molar-refractivity contribution < 1.29 is 4.42 Å². The summed E-state index contributed by atoms with van der Waals surface area (Å²) in [5.74, 6) is 2.93. The van der Waals surface area contributed by atoms with Crippen LogP contribution in [0.3, 0.4) is 0 Å². The van der Waals surface area contributed by atoms with E-state index in [9.17, 15) is 0 Å². The van der Waals surface area contributed by atoms with Gasteiger partial charge in [-0.1, -0.05) is 6.92 Å². The van der Waals surface area contributed by atoms with E-state index in [0.717, 1.165) is 12.3 Å². The Labute approximate surface area is 90.5 Å². The molecule has 2 unspecified atom stereocenters. The van der Waals surface area contributed by atoms with E-state index in [2.05, 4.69) is 25.4 Å². The van der Waals surface area contributed by atoms with Crippen molar-refractivity contribution in [2.45, 2.75) is 19.9 Å². The number of furan rings is 1. The molecular formula is C11H19NOS. The van der Waals surface area contributed by atoms with E-state index in [4.69, 9.17) is 4.42 Å². The summed E-state index contributed by atoms with van der Waals surface area (Å²) in [6.45, 7) is 5.44. The molecule has 0 aliphatic carbocycles. The lowest BCUT2D eigenvalue weighted by molar-refractivity contribution is 0.413. The number of hydrogen-bond acceptors (Lipinski definition) is 3. The first-order chi connectivity index (χ1) is 6.74. The molecule has 0 radical (unpaired) electrons. The van der Waals surface area contributed by atoms with Gasteiger partial charge in [-0.2, -0.15) is 11.8 Å². The zero-order valence-corrected chi connectivity index (χ0v) is 9.93. The fourth-order valence-electron chi connectivity index (χ4n) is 1.36. The van der Waals surface area contributed by atoms with E-state index in [1.807, 2.05) is 23.9 Å². The monoisotopic (exact) mass is 213 g/mol. The highest BCUT2D eigenvalue weighted by molar-refractivity contribution is 7.98. The standard InChI is InChI=1S/C11H19NOS/c1-9(8-14-3)7-12-10(2)11-5-4-6-13-11/h4-6,9-10,12H,7-8H2,1-3H3. The maximum Gasteiger partial charge on any atom is 0.120 e. The third-order valence-electron chi connectivity index (χ3n) is 2.19. The van der Waals surface area contributed by atoms with Crippen LogP contribution in [0.15, 0.2) is 22.8 Å². The summed E-state index contributed by atoms with van der Waals surface area (Å²) < 4.78 is 5.32. The molecule has 0 aromatic carbocycles. The summed E-state index contributed by atoms with van der Waals surface area (Å²) in [6, 6.07) is 4.25. The quantitative estimate of drug-likeness (QED) is 0.786. The Morgan fingerprint density at radius 1 is 1.50 bits per heavy atom. The second kappa shape index (κ2) is 6.14. The molecule has 1 rings (SSSR count). The van der Waals surface area contributed by atoms with E-state index >= 15 is 0 Å². The molecule has 3 heteroatoms. The summed E-state index contributed by atoms with van der Waals surface area (Å²) >= 11 is 1.90. The summed E-state index contributed by atoms with van der Waals surface area (Å²) in [4.78, 5) is 0. The Balaban J connectivity index is 2.24. The van der Waals surface area contributed by atoms with Crippen molar-refractivity contribution in [1.29, 1.82) is 0 Å². The van der Waals surface area contributed by atoms with Crippen molar-refractivity contribution >= 4 is 11.8 Å². The Morgan fingerprint density at radius 3 is 2.86 bits per heavy atom. The minimum atomic E-state index is 0.314. The lowest BCUT2D eigenvalue weighted by Gasteiger charge is -2.15. The van der Waals surface area contributed by atoms with E-state index in [1.165, 1.54) is 5.75 Å². The number of nitrogens with one attached hydrogen (secondary N) is 1. The first-order valence-corrected chi connectivity index (χ1v) is 6.39. The largest absolute Gasteiger partial charge is 0.468 e. The van der Waals surface area contributed by atoms with Crippen LogP contribution in [0.5, 0.6) is 0 Å².